The van der Waals surface area contributed by atoms with Crippen LogP contribution in [0.4, 0.5) is 5.69 Å². The van der Waals surface area contributed by atoms with Crippen molar-refractivity contribution in [1.29, 1.82) is 0 Å². The third kappa shape index (κ3) is 4.20. The van der Waals surface area contributed by atoms with E-state index in [0.717, 1.165) is 16.8 Å². The van der Waals surface area contributed by atoms with Crippen LogP contribution in [-0.4, -0.2) is 31.3 Å². The van der Waals surface area contributed by atoms with Gasteiger partial charge in [-0.2, -0.15) is 5.10 Å². The first-order valence-corrected chi connectivity index (χ1v) is 10.4. The minimum absolute atomic E-state index is 0.465. The standard InChI is InChI=1S/C25H26N4O3/c1-15-21(23(24(30)31)32-25(2,3)4)22(17-10-12-18(26)13-11-17)29-20(27-15)14-19(28-29)16-8-6-5-7-9-16/h5-14,23H,26H2,1-4H3,(H,30,31). The SMILES string of the molecule is Cc1nc2cc(-c3ccccc3)nn2c(-c2ccc(N)cc2)c1C(OC(C)(C)C)C(=O)O. The summed E-state index contributed by atoms with van der Waals surface area (Å²) in [6.07, 6.45) is -1.22. The number of hydrogen-bond acceptors (Lipinski definition) is 5. The number of nitrogen functional groups attached to an aromatic ring is 1. The van der Waals surface area contributed by atoms with E-state index in [9.17, 15) is 9.90 Å². The Morgan fingerprint density at radius 2 is 1.72 bits per heavy atom. The zero-order chi connectivity index (χ0) is 23.0. The Balaban J connectivity index is 2.04. The van der Waals surface area contributed by atoms with Crippen LogP contribution in [0.15, 0.2) is 60.7 Å². The van der Waals surface area contributed by atoms with Gasteiger partial charge in [-0.05, 0) is 39.8 Å². The van der Waals surface area contributed by atoms with E-state index in [0.29, 0.717) is 28.3 Å². The van der Waals surface area contributed by atoms with Crippen LogP contribution in [-0.2, 0) is 9.53 Å². The molecule has 0 saturated heterocycles. The maximum absolute atomic E-state index is 12.3. The van der Waals surface area contributed by atoms with Gasteiger partial charge < -0.3 is 15.6 Å². The summed E-state index contributed by atoms with van der Waals surface area (Å²) < 4.78 is 7.68. The van der Waals surface area contributed by atoms with Crippen LogP contribution in [0, 0.1) is 6.92 Å². The Bertz CT molecular complexity index is 1270. The van der Waals surface area contributed by atoms with Crippen molar-refractivity contribution in [2.75, 3.05) is 5.73 Å². The van der Waals surface area contributed by atoms with Gasteiger partial charge in [0.2, 0.25) is 0 Å². The van der Waals surface area contributed by atoms with Crippen LogP contribution in [0.2, 0.25) is 0 Å². The molecule has 0 bridgehead atoms. The van der Waals surface area contributed by atoms with Crippen molar-refractivity contribution in [2.24, 2.45) is 0 Å². The van der Waals surface area contributed by atoms with Gasteiger partial charge in [0, 0.05) is 34.1 Å². The molecule has 0 aliphatic carbocycles. The van der Waals surface area contributed by atoms with Gasteiger partial charge in [0.1, 0.15) is 0 Å². The molecule has 0 amide bonds. The van der Waals surface area contributed by atoms with Crippen molar-refractivity contribution in [2.45, 2.75) is 39.4 Å². The molecule has 0 aliphatic heterocycles. The number of carboxylic acids is 1. The molecule has 1 atom stereocenters. The van der Waals surface area contributed by atoms with Crippen molar-refractivity contribution in [3.8, 4) is 22.5 Å². The molecule has 0 spiro atoms. The number of aliphatic carboxylic acids is 1. The van der Waals surface area contributed by atoms with Crippen LogP contribution >= 0.6 is 0 Å². The summed E-state index contributed by atoms with van der Waals surface area (Å²) in [6.45, 7) is 7.28. The summed E-state index contributed by atoms with van der Waals surface area (Å²) in [5.74, 6) is -1.09. The largest absolute Gasteiger partial charge is 0.479 e. The number of aromatic nitrogens is 3. The Labute approximate surface area is 186 Å². The molecule has 0 aliphatic rings. The summed E-state index contributed by atoms with van der Waals surface area (Å²) >= 11 is 0. The highest BCUT2D eigenvalue weighted by atomic mass is 16.5. The predicted molar refractivity (Wildman–Crippen MR) is 124 cm³/mol. The second kappa shape index (κ2) is 8.09. The first kappa shape index (κ1) is 21.5. The average Bonchev–Trinajstić information content (AvgIpc) is 3.15. The number of anilines is 1. The Morgan fingerprint density at radius 3 is 2.31 bits per heavy atom. The van der Waals surface area contributed by atoms with Crippen LogP contribution in [0.25, 0.3) is 28.2 Å². The zero-order valence-corrected chi connectivity index (χ0v) is 18.5. The third-order valence-electron chi connectivity index (χ3n) is 5.04. The fraction of sp³-hybridized carbons (Fsp3) is 0.240. The molecule has 4 aromatic rings. The van der Waals surface area contributed by atoms with Gasteiger partial charge in [0.15, 0.2) is 11.8 Å². The van der Waals surface area contributed by atoms with Gasteiger partial charge in [-0.25, -0.2) is 14.3 Å². The smallest absolute Gasteiger partial charge is 0.337 e. The third-order valence-corrected chi connectivity index (χ3v) is 5.04. The molecular weight excluding hydrogens is 404 g/mol. The Hall–Kier alpha value is -3.71. The molecule has 2 heterocycles. The number of carboxylic acid groups (broad SMARTS) is 1. The lowest BCUT2D eigenvalue weighted by atomic mass is 9.98. The number of rotatable bonds is 5. The van der Waals surface area contributed by atoms with E-state index < -0.39 is 17.7 Å². The van der Waals surface area contributed by atoms with Crippen molar-refractivity contribution < 1.29 is 14.6 Å². The topological polar surface area (TPSA) is 103 Å². The number of nitrogens with two attached hydrogens (primary N) is 1. The number of benzene rings is 2. The molecule has 7 heteroatoms. The minimum atomic E-state index is -1.22. The maximum atomic E-state index is 12.3. The van der Waals surface area contributed by atoms with E-state index in [-0.39, 0.29) is 0 Å². The minimum Gasteiger partial charge on any atom is -0.479 e. The monoisotopic (exact) mass is 430 g/mol. The van der Waals surface area contributed by atoms with Gasteiger partial charge in [0.25, 0.3) is 0 Å². The molecule has 0 radical (unpaired) electrons. The van der Waals surface area contributed by atoms with Crippen LogP contribution in [0.1, 0.15) is 38.1 Å². The summed E-state index contributed by atoms with van der Waals surface area (Å²) in [5.41, 5.74) is 10.6. The second-order valence-electron chi connectivity index (χ2n) is 8.70. The van der Waals surface area contributed by atoms with Crippen LogP contribution in [0.3, 0.4) is 0 Å². The molecule has 2 aromatic carbocycles. The summed E-state index contributed by atoms with van der Waals surface area (Å²) in [7, 11) is 0. The lowest BCUT2D eigenvalue weighted by Gasteiger charge is -2.27. The van der Waals surface area contributed by atoms with Crippen molar-refractivity contribution in [3.63, 3.8) is 0 Å². The van der Waals surface area contributed by atoms with Crippen molar-refractivity contribution in [3.05, 3.63) is 71.9 Å². The fourth-order valence-corrected chi connectivity index (χ4v) is 3.70. The first-order chi connectivity index (χ1) is 15.1. The van der Waals surface area contributed by atoms with Gasteiger partial charge in [-0.3, -0.25) is 0 Å². The number of aryl methyl sites for hydroxylation is 1. The van der Waals surface area contributed by atoms with Gasteiger partial charge in [-0.15, -0.1) is 0 Å². The predicted octanol–water partition coefficient (Wildman–Crippen LogP) is 4.89. The molecule has 164 valence electrons. The molecule has 2 aromatic heterocycles. The molecule has 32 heavy (non-hydrogen) atoms. The van der Waals surface area contributed by atoms with Crippen LogP contribution < -0.4 is 5.73 Å². The van der Waals surface area contributed by atoms with Crippen molar-refractivity contribution >= 4 is 17.3 Å². The van der Waals surface area contributed by atoms with E-state index in [1.54, 1.807) is 23.6 Å². The lowest BCUT2D eigenvalue weighted by Crippen LogP contribution is -2.29. The van der Waals surface area contributed by atoms with E-state index >= 15 is 0 Å². The lowest BCUT2D eigenvalue weighted by molar-refractivity contribution is -0.160. The quantitative estimate of drug-likeness (QED) is 0.437. The molecular formula is C25H26N4O3. The summed E-state index contributed by atoms with van der Waals surface area (Å²) in [4.78, 5) is 17.0. The number of nitrogens with zero attached hydrogens (tertiary/aromatic N) is 3. The Kier molecular flexibility index (Phi) is 5.44. The number of fused-ring (bicyclic) bond motifs is 1. The highest BCUT2D eigenvalue weighted by Gasteiger charge is 2.33. The van der Waals surface area contributed by atoms with Crippen molar-refractivity contribution in [1.82, 2.24) is 14.6 Å². The molecule has 1 unspecified atom stereocenters. The van der Waals surface area contributed by atoms with Gasteiger partial charge in [-0.1, -0.05) is 42.5 Å². The molecule has 4 rings (SSSR count). The molecule has 0 fully saturated rings. The van der Waals surface area contributed by atoms with Gasteiger partial charge >= 0.3 is 5.97 Å². The van der Waals surface area contributed by atoms with E-state index in [1.807, 2.05) is 69.3 Å². The van der Waals surface area contributed by atoms with E-state index in [4.69, 9.17) is 20.6 Å². The Morgan fingerprint density at radius 1 is 1.06 bits per heavy atom. The highest BCUT2D eigenvalue weighted by molar-refractivity contribution is 5.81. The van der Waals surface area contributed by atoms with Crippen LogP contribution in [0.5, 0.6) is 0 Å². The number of carbonyl (C=O) groups is 1. The second-order valence-corrected chi connectivity index (χ2v) is 8.70. The summed E-state index contributed by atoms with van der Waals surface area (Å²) in [6, 6.07) is 19.0. The highest BCUT2D eigenvalue weighted by Crippen LogP contribution is 2.36. The van der Waals surface area contributed by atoms with E-state index in [1.165, 1.54) is 0 Å². The molecule has 0 saturated carbocycles. The number of ether oxygens (including phenoxy) is 1. The number of hydrogen-bond donors (Lipinski definition) is 2. The zero-order valence-electron chi connectivity index (χ0n) is 18.5. The molecule has 3 N–H and O–H groups in total. The fourth-order valence-electron chi connectivity index (χ4n) is 3.70. The maximum Gasteiger partial charge on any atom is 0.337 e. The first-order valence-electron chi connectivity index (χ1n) is 10.4. The van der Waals surface area contributed by atoms with Gasteiger partial charge in [0.05, 0.1) is 17.0 Å². The molecule has 7 nitrogen and oxygen atoms in total. The average molecular weight is 431 g/mol. The summed E-state index contributed by atoms with van der Waals surface area (Å²) in [5, 5.41) is 14.9. The normalized spacial score (nSPS) is 12.8. The van der Waals surface area contributed by atoms with E-state index in [2.05, 4.69) is 0 Å².